The molecule has 0 N–H and O–H groups in total. The normalized spacial score (nSPS) is 12.1. The second-order valence-corrected chi connectivity index (χ2v) is 8.04. The number of benzene rings is 2. The van der Waals surface area contributed by atoms with E-state index >= 15 is 0 Å². The smallest absolute Gasteiger partial charge is 0.337 e. The molecule has 8 heteroatoms. The quantitative estimate of drug-likeness (QED) is 0.231. The van der Waals surface area contributed by atoms with Crippen LogP contribution in [0.2, 0.25) is 0 Å². The third-order valence-electron chi connectivity index (χ3n) is 4.69. The number of aromatic nitrogens is 2. The molecule has 0 saturated heterocycles. The molecule has 3 rings (SSSR count). The van der Waals surface area contributed by atoms with Gasteiger partial charge in [0.05, 0.1) is 23.6 Å². The zero-order valence-electron chi connectivity index (χ0n) is 17.1. The molecule has 0 bridgehead atoms. The van der Waals surface area contributed by atoms with Crippen molar-refractivity contribution in [3.8, 4) is 0 Å². The fourth-order valence-corrected chi connectivity index (χ4v) is 4.12. The molecule has 0 saturated carbocycles. The number of fused-ring (bicyclic) bond motifs is 1. The third kappa shape index (κ3) is 4.88. The molecule has 0 radical (unpaired) electrons. The zero-order valence-corrected chi connectivity index (χ0v) is 17.9. The highest BCUT2D eigenvalue weighted by molar-refractivity contribution is 7.99. The second kappa shape index (κ2) is 9.86. The molecule has 1 heterocycles. The number of rotatable bonds is 8. The Morgan fingerprint density at radius 1 is 1.20 bits per heavy atom. The van der Waals surface area contributed by atoms with Crippen molar-refractivity contribution in [3.63, 3.8) is 0 Å². The van der Waals surface area contributed by atoms with Crippen LogP contribution in [-0.2, 0) is 16.0 Å². The van der Waals surface area contributed by atoms with Crippen LogP contribution < -0.4 is 5.56 Å². The molecule has 1 aromatic heterocycles. The van der Waals surface area contributed by atoms with Gasteiger partial charge in [-0.1, -0.05) is 23.9 Å². The van der Waals surface area contributed by atoms with E-state index in [2.05, 4.69) is 4.98 Å². The van der Waals surface area contributed by atoms with Crippen molar-refractivity contribution in [3.05, 3.63) is 69.8 Å². The first kappa shape index (κ1) is 22.0. The highest BCUT2D eigenvalue weighted by atomic mass is 32.2. The summed E-state index contributed by atoms with van der Waals surface area (Å²) in [6.45, 7) is 2.94. The van der Waals surface area contributed by atoms with E-state index in [1.807, 2.05) is 6.92 Å². The summed E-state index contributed by atoms with van der Waals surface area (Å²) in [5, 5.41) is 0.897. The molecule has 0 aliphatic rings. The van der Waals surface area contributed by atoms with Crippen LogP contribution in [0.15, 0.2) is 52.4 Å². The SMILES string of the molecule is COCCCn1c(S[C@@H](C)c2ccc(F)cc2)nc2cc(C(=O)OC)ccc2c1=O. The molecular formula is C22H23FN2O4S. The summed E-state index contributed by atoms with van der Waals surface area (Å²) in [5.41, 5.74) is 1.50. The van der Waals surface area contributed by atoms with E-state index in [0.29, 0.717) is 41.2 Å². The van der Waals surface area contributed by atoms with Crippen molar-refractivity contribution in [1.82, 2.24) is 9.55 Å². The summed E-state index contributed by atoms with van der Waals surface area (Å²) in [6, 6.07) is 11.0. The summed E-state index contributed by atoms with van der Waals surface area (Å²) in [6.07, 6.45) is 0.655. The van der Waals surface area contributed by atoms with Gasteiger partial charge < -0.3 is 9.47 Å². The number of thioether (sulfide) groups is 1. The van der Waals surface area contributed by atoms with Crippen molar-refractivity contribution in [2.75, 3.05) is 20.8 Å². The summed E-state index contributed by atoms with van der Waals surface area (Å²) in [7, 11) is 2.92. The Bertz CT molecular complexity index is 1100. The van der Waals surface area contributed by atoms with Crippen LogP contribution in [0.3, 0.4) is 0 Å². The number of carbonyl (C=O) groups is 1. The topological polar surface area (TPSA) is 70.4 Å². The van der Waals surface area contributed by atoms with E-state index in [-0.39, 0.29) is 16.6 Å². The summed E-state index contributed by atoms with van der Waals surface area (Å²) in [5.74, 6) is -0.788. The largest absolute Gasteiger partial charge is 0.465 e. The van der Waals surface area contributed by atoms with Crippen molar-refractivity contribution in [2.24, 2.45) is 0 Å². The van der Waals surface area contributed by atoms with Gasteiger partial charge in [-0.3, -0.25) is 9.36 Å². The van der Waals surface area contributed by atoms with Crippen LogP contribution in [-0.4, -0.2) is 36.3 Å². The Hall–Kier alpha value is -2.71. The van der Waals surface area contributed by atoms with E-state index < -0.39 is 5.97 Å². The lowest BCUT2D eigenvalue weighted by molar-refractivity contribution is 0.0601. The van der Waals surface area contributed by atoms with Crippen LogP contribution in [0.1, 0.15) is 34.5 Å². The predicted octanol–water partition coefficient (Wildman–Crippen LogP) is 4.21. The van der Waals surface area contributed by atoms with Gasteiger partial charge in [-0.2, -0.15) is 0 Å². The predicted molar refractivity (Wildman–Crippen MR) is 115 cm³/mol. The Morgan fingerprint density at radius 2 is 1.93 bits per heavy atom. The molecule has 0 unspecified atom stereocenters. The minimum atomic E-state index is -0.489. The number of halogens is 1. The van der Waals surface area contributed by atoms with Crippen molar-refractivity contribution < 1.29 is 18.7 Å². The highest BCUT2D eigenvalue weighted by Gasteiger charge is 2.17. The monoisotopic (exact) mass is 430 g/mol. The van der Waals surface area contributed by atoms with Gasteiger partial charge in [0.15, 0.2) is 5.16 Å². The lowest BCUT2D eigenvalue weighted by atomic mass is 10.1. The Balaban J connectivity index is 2.05. The maximum Gasteiger partial charge on any atom is 0.337 e. The first-order valence-electron chi connectivity index (χ1n) is 9.48. The number of ether oxygens (including phenoxy) is 2. The van der Waals surface area contributed by atoms with Crippen LogP contribution in [0, 0.1) is 5.82 Å². The van der Waals surface area contributed by atoms with Crippen LogP contribution in [0.5, 0.6) is 0 Å². The maximum atomic E-state index is 13.3. The fraction of sp³-hybridized carbons (Fsp3) is 0.318. The van der Waals surface area contributed by atoms with Gasteiger partial charge in [0.25, 0.3) is 5.56 Å². The van der Waals surface area contributed by atoms with Crippen molar-refractivity contribution in [2.45, 2.75) is 30.3 Å². The summed E-state index contributed by atoms with van der Waals surface area (Å²) < 4.78 is 24.8. The van der Waals surface area contributed by atoms with E-state index in [1.165, 1.54) is 31.0 Å². The third-order valence-corrected chi connectivity index (χ3v) is 5.84. The minimum Gasteiger partial charge on any atom is -0.465 e. The van der Waals surface area contributed by atoms with Crippen LogP contribution in [0.4, 0.5) is 4.39 Å². The highest BCUT2D eigenvalue weighted by Crippen LogP contribution is 2.34. The molecule has 0 fully saturated rings. The summed E-state index contributed by atoms with van der Waals surface area (Å²) >= 11 is 1.41. The van der Waals surface area contributed by atoms with E-state index in [4.69, 9.17) is 9.47 Å². The Labute approximate surface area is 178 Å². The van der Waals surface area contributed by atoms with Crippen LogP contribution in [0.25, 0.3) is 10.9 Å². The molecule has 2 aromatic carbocycles. The number of hydrogen-bond acceptors (Lipinski definition) is 6. The number of hydrogen-bond donors (Lipinski definition) is 0. The molecule has 3 aromatic rings. The average Bonchev–Trinajstić information content (AvgIpc) is 2.75. The van der Waals surface area contributed by atoms with Gasteiger partial charge in [-0.25, -0.2) is 14.2 Å². The average molecular weight is 431 g/mol. The molecule has 30 heavy (non-hydrogen) atoms. The lowest BCUT2D eigenvalue weighted by Crippen LogP contribution is -2.24. The molecule has 158 valence electrons. The molecule has 1 atom stereocenters. The van der Waals surface area contributed by atoms with Gasteiger partial charge >= 0.3 is 5.97 Å². The molecule has 6 nitrogen and oxygen atoms in total. The first-order valence-corrected chi connectivity index (χ1v) is 10.4. The number of methoxy groups -OCH3 is 2. The lowest BCUT2D eigenvalue weighted by Gasteiger charge is -2.17. The van der Waals surface area contributed by atoms with Gasteiger partial charge in [0.1, 0.15) is 5.82 Å². The maximum absolute atomic E-state index is 13.3. The zero-order chi connectivity index (χ0) is 21.7. The van der Waals surface area contributed by atoms with E-state index in [9.17, 15) is 14.0 Å². The number of nitrogens with zero attached hydrogens (tertiary/aromatic N) is 2. The van der Waals surface area contributed by atoms with Crippen LogP contribution >= 0.6 is 11.8 Å². The molecule has 0 aliphatic heterocycles. The van der Waals surface area contributed by atoms with Crippen molar-refractivity contribution in [1.29, 1.82) is 0 Å². The van der Waals surface area contributed by atoms with Crippen molar-refractivity contribution >= 4 is 28.6 Å². The molecule has 0 amide bonds. The van der Waals surface area contributed by atoms with Gasteiger partial charge in [-0.15, -0.1) is 0 Å². The van der Waals surface area contributed by atoms with Gasteiger partial charge in [0, 0.05) is 25.5 Å². The Kier molecular flexibility index (Phi) is 7.23. The Morgan fingerprint density at radius 3 is 2.60 bits per heavy atom. The fourth-order valence-electron chi connectivity index (χ4n) is 3.06. The standard InChI is InChI=1S/C22H23FN2O4S/c1-14(15-5-8-17(23)9-6-15)30-22-24-19-13-16(21(27)29-3)7-10-18(19)20(26)25(22)11-4-12-28-2/h5-10,13-14H,4,11-12H2,1-3H3/t14-/m0/s1. The molecule has 0 aliphatic carbocycles. The van der Waals surface area contributed by atoms with E-state index in [0.717, 1.165) is 5.56 Å². The van der Waals surface area contributed by atoms with Gasteiger partial charge in [0.2, 0.25) is 0 Å². The minimum absolute atomic E-state index is 0.0626. The first-order chi connectivity index (χ1) is 14.4. The molecular weight excluding hydrogens is 407 g/mol. The molecule has 0 spiro atoms. The second-order valence-electron chi connectivity index (χ2n) is 6.73. The van der Waals surface area contributed by atoms with E-state index in [1.54, 1.807) is 42.0 Å². The number of esters is 1. The summed E-state index contributed by atoms with van der Waals surface area (Å²) in [4.78, 5) is 29.7. The number of carbonyl (C=O) groups excluding carboxylic acids is 1. The van der Waals surface area contributed by atoms with Gasteiger partial charge in [-0.05, 0) is 49.2 Å².